The van der Waals surface area contributed by atoms with E-state index in [4.69, 9.17) is 23.2 Å². The van der Waals surface area contributed by atoms with Gasteiger partial charge in [0.1, 0.15) is 0 Å². The molecule has 0 amide bonds. The Morgan fingerprint density at radius 3 is 2.57 bits per heavy atom. The van der Waals surface area contributed by atoms with Crippen LogP contribution in [0.2, 0.25) is 5.02 Å². The minimum atomic E-state index is -3.54. The molecule has 1 aromatic carbocycles. The van der Waals surface area contributed by atoms with E-state index in [9.17, 15) is 13.6 Å². The first-order valence-electron chi connectivity index (χ1n) is 3.74. The molecule has 0 aliphatic rings. The monoisotopic (exact) mass is 238 g/mol. The van der Waals surface area contributed by atoms with Gasteiger partial charge >= 0.3 is 5.92 Å². The van der Waals surface area contributed by atoms with Gasteiger partial charge in [0.25, 0.3) is 5.24 Å². The molecule has 0 radical (unpaired) electrons. The molecule has 0 saturated carbocycles. The smallest absolute Gasteiger partial charge is 0.274 e. The summed E-state index contributed by atoms with van der Waals surface area (Å²) in [6.07, 6.45) is -0.726. The van der Waals surface area contributed by atoms with Gasteiger partial charge in [-0.05, 0) is 29.3 Å². The number of alkyl halides is 2. The van der Waals surface area contributed by atoms with Crippen LogP contribution in [0.5, 0.6) is 0 Å². The van der Waals surface area contributed by atoms with Crippen LogP contribution in [0.25, 0.3) is 0 Å². The van der Waals surface area contributed by atoms with Crippen LogP contribution in [0.3, 0.4) is 0 Å². The Morgan fingerprint density at radius 2 is 2.07 bits per heavy atom. The second-order valence-corrected chi connectivity index (χ2v) is 3.56. The van der Waals surface area contributed by atoms with Gasteiger partial charge in [-0.15, -0.1) is 0 Å². The van der Waals surface area contributed by atoms with Gasteiger partial charge in [0, 0.05) is 11.4 Å². The molecule has 5 heteroatoms. The Morgan fingerprint density at radius 1 is 1.43 bits per heavy atom. The molecule has 0 atom stereocenters. The highest BCUT2D eigenvalue weighted by molar-refractivity contribution is 6.65. The van der Waals surface area contributed by atoms with Crippen molar-refractivity contribution < 1.29 is 13.6 Å². The number of halogens is 4. The molecule has 0 heterocycles. The Kier molecular flexibility index (Phi) is 3.45. The molecule has 0 unspecified atom stereocenters. The highest BCUT2D eigenvalue weighted by Gasteiger charge is 2.37. The second kappa shape index (κ2) is 4.24. The molecule has 0 aromatic heterocycles. The minimum Gasteiger partial charge on any atom is -0.274 e. The lowest BCUT2D eigenvalue weighted by Crippen LogP contribution is -2.26. The summed E-state index contributed by atoms with van der Waals surface area (Å²) in [6, 6.07) is 5.92. The summed E-state index contributed by atoms with van der Waals surface area (Å²) >= 11 is 10.3. The van der Waals surface area contributed by atoms with Crippen LogP contribution in [0.15, 0.2) is 24.3 Å². The van der Waals surface area contributed by atoms with E-state index in [2.05, 4.69) is 0 Å². The van der Waals surface area contributed by atoms with Gasteiger partial charge in [0.2, 0.25) is 0 Å². The molecule has 0 fully saturated rings. The largest absolute Gasteiger partial charge is 0.324 e. The Balaban J connectivity index is 2.83. The second-order valence-electron chi connectivity index (χ2n) is 2.78. The zero-order chi connectivity index (χ0) is 10.8. The van der Waals surface area contributed by atoms with E-state index < -0.39 is 17.6 Å². The summed E-state index contributed by atoms with van der Waals surface area (Å²) in [5.74, 6) is -3.54. The molecule has 14 heavy (non-hydrogen) atoms. The maximum atomic E-state index is 12.8. The van der Waals surface area contributed by atoms with E-state index in [0.29, 0.717) is 5.02 Å². The Labute approximate surface area is 89.6 Å². The molecule has 76 valence electrons. The molecular weight excluding hydrogens is 233 g/mol. The molecule has 0 saturated heterocycles. The average Bonchev–Trinajstić information content (AvgIpc) is 2.02. The van der Waals surface area contributed by atoms with Crippen molar-refractivity contribution in [1.29, 1.82) is 0 Å². The summed E-state index contributed by atoms with van der Waals surface area (Å²) in [5.41, 5.74) is 0.275. The third-order valence-corrected chi connectivity index (χ3v) is 2.11. The van der Waals surface area contributed by atoms with Crippen molar-refractivity contribution in [2.75, 3.05) is 0 Å². The first-order valence-corrected chi connectivity index (χ1v) is 4.49. The van der Waals surface area contributed by atoms with Crippen molar-refractivity contribution in [3.63, 3.8) is 0 Å². The van der Waals surface area contributed by atoms with E-state index in [1.54, 1.807) is 6.07 Å². The molecule has 0 N–H and O–H groups in total. The van der Waals surface area contributed by atoms with Crippen LogP contribution in [-0.4, -0.2) is 11.2 Å². The topological polar surface area (TPSA) is 17.1 Å². The lowest BCUT2D eigenvalue weighted by atomic mass is 10.1. The lowest BCUT2D eigenvalue weighted by molar-refractivity contribution is -0.133. The van der Waals surface area contributed by atoms with Gasteiger partial charge in [0.05, 0.1) is 0 Å². The van der Waals surface area contributed by atoms with E-state index in [0.717, 1.165) is 0 Å². The van der Waals surface area contributed by atoms with Crippen LogP contribution in [0, 0.1) is 0 Å². The molecule has 0 spiro atoms. The van der Waals surface area contributed by atoms with Crippen molar-refractivity contribution >= 4 is 28.4 Å². The molecule has 1 nitrogen and oxygen atoms in total. The fourth-order valence-electron chi connectivity index (χ4n) is 0.973. The number of carbonyl (C=O) groups is 1. The van der Waals surface area contributed by atoms with Crippen molar-refractivity contribution in [2.45, 2.75) is 12.3 Å². The van der Waals surface area contributed by atoms with Crippen LogP contribution in [-0.2, 0) is 11.2 Å². The van der Waals surface area contributed by atoms with Crippen molar-refractivity contribution in [3.8, 4) is 0 Å². The van der Waals surface area contributed by atoms with Gasteiger partial charge in [-0.3, -0.25) is 4.79 Å². The summed E-state index contributed by atoms with van der Waals surface area (Å²) in [7, 11) is 0. The minimum absolute atomic E-state index is 0.275. The van der Waals surface area contributed by atoms with E-state index >= 15 is 0 Å². The fraction of sp³-hybridized carbons (Fsp3) is 0.222. The van der Waals surface area contributed by atoms with Gasteiger partial charge in [-0.25, -0.2) is 0 Å². The number of benzene rings is 1. The quantitative estimate of drug-likeness (QED) is 0.739. The lowest BCUT2D eigenvalue weighted by Gasteiger charge is -2.10. The van der Waals surface area contributed by atoms with Gasteiger partial charge in [-0.2, -0.15) is 8.78 Å². The van der Waals surface area contributed by atoms with Crippen molar-refractivity contribution in [1.82, 2.24) is 0 Å². The fourth-order valence-corrected chi connectivity index (χ4v) is 1.25. The highest BCUT2D eigenvalue weighted by atomic mass is 35.5. The molecule has 1 aromatic rings. The van der Waals surface area contributed by atoms with Crippen LogP contribution < -0.4 is 0 Å². The average molecular weight is 239 g/mol. The standard InChI is InChI=1S/C9H6Cl2F2O/c10-7-3-1-2-6(4-7)5-9(12,13)8(11)14/h1-4H,5H2. The van der Waals surface area contributed by atoms with Gasteiger partial charge < -0.3 is 0 Å². The summed E-state index contributed by atoms with van der Waals surface area (Å²) < 4.78 is 25.7. The highest BCUT2D eigenvalue weighted by Crippen LogP contribution is 2.24. The predicted octanol–water partition coefficient (Wildman–Crippen LogP) is 3.28. The third kappa shape index (κ3) is 2.93. The van der Waals surface area contributed by atoms with Crippen molar-refractivity contribution in [3.05, 3.63) is 34.9 Å². The molecule has 0 bridgehead atoms. The van der Waals surface area contributed by atoms with Crippen LogP contribution in [0.4, 0.5) is 8.78 Å². The summed E-state index contributed by atoms with van der Waals surface area (Å²) in [4.78, 5) is 10.3. The SMILES string of the molecule is O=C(Cl)C(F)(F)Cc1cccc(Cl)c1. The van der Waals surface area contributed by atoms with Gasteiger partial charge in [0.15, 0.2) is 0 Å². The zero-order valence-electron chi connectivity index (χ0n) is 6.94. The molecule has 0 aliphatic heterocycles. The third-order valence-electron chi connectivity index (χ3n) is 1.60. The molecule has 1 rings (SSSR count). The van der Waals surface area contributed by atoms with Crippen LogP contribution in [0.1, 0.15) is 5.56 Å². The number of rotatable bonds is 3. The Bertz CT molecular complexity index is 352. The van der Waals surface area contributed by atoms with Gasteiger partial charge in [-0.1, -0.05) is 23.7 Å². The van der Waals surface area contributed by atoms with Crippen molar-refractivity contribution in [2.24, 2.45) is 0 Å². The number of hydrogen-bond donors (Lipinski definition) is 0. The first kappa shape index (κ1) is 11.4. The maximum Gasteiger partial charge on any atom is 0.324 e. The van der Waals surface area contributed by atoms with E-state index in [1.165, 1.54) is 18.2 Å². The molecule has 0 aliphatic carbocycles. The van der Waals surface area contributed by atoms with Crippen LogP contribution >= 0.6 is 23.2 Å². The summed E-state index contributed by atoms with van der Waals surface area (Å²) in [6.45, 7) is 0. The van der Waals surface area contributed by atoms with E-state index in [1.807, 2.05) is 0 Å². The maximum absolute atomic E-state index is 12.8. The zero-order valence-corrected chi connectivity index (χ0v) is 8.45. The number of hydrogen-bond acceptors (Lipinski definition) is 1. The van der Waals surface area contributed by atoms with E-state index in [-0.39, 0.29) is 5.56 Å². The first-order chi connectivity index (χ1) is 6.42. The number of carbonyl (C=O) groups excluding carboxylic acids is 1. The normalized spacial score (nSPS) is 11.4. The summed E-state index contributed by atoms with van der Waals surface area (Å²) in [5, 5.41) is -1.31. The predicted molar refractivity (Wildman–Crippen MR) is 51.0 cm³/mol. The Hall–Kier alpha value is -0.670. The molecular formula is C9H6Cl2F2O.